The summed E-state index contributed by atoms with van der Waals surface area (Å²) in [6.07, 6.45) is 36.0. The van der Waals surface area contributed by atoms with E-state index in [-0.39, 0.29) is 0 Å². The first-order chi connectivity index (χ1) is 20.6. The topological polar surface area (TPSA) is 35.6 Å². The Morgan fingerprint density at radius 1 is 0.952 bits per heavy atom. The van der Waals surface area contributed by atoms with E-state index in [4.69, 9.17) is 0 Å². The van der Waals surface area contributed by atoms with E-state index in [0.29, 0.717) is 0 Å². The number of rotatable bonds is 9. The minimum atomic E-state index is 0.966. The van der Waals surface area contributed by atoms with Gasteiger partial charge in [-0.15, -0.1) is 0 Å². The van der Waals surface area contributed by atoms with Gasteiger partial charge in [-0.1, -0.05) is 67.5 Å². The van der Waals surface area contributed by atoms with Crippen LogP contribution in [-0.4, -0.2) is 19.1 Å². The van der Waals surface area contributed by atoms with Crippen LogP contribution >= 0.6 is 0 Å². The van der Waals surface area contributed by atoms with Crippen LogP contribution in [0.2, 0.25) is 0 Å². The summed E-state index contributed by atoms with van der Waals surface area (Å²) in [6.45, 7) is 14.2. The van der Waals surface area contributed by atoms with E-state index in [9.17, 15) is 0 Å². The first-order valence-corrected chi connectivity index (χ1v) is 13.9. The zero-order chi connectivity index (χ0) is 29.5. The van der Waals surface area contributed by atoms with Crippen molar-refractivity contribution in [3.05, 3.63) is 163 Å². The van der Waals surface area contributed by atoms with E-state index in [1.54, 1.807) is 6.08 Å². The van der Waals surface area contributed by atoms with Gasteiger partial charge in [-0.2, -0.15) is 0 Å². The van der Waals surface area contributed by atoms with Crippen molar-refractivity contribution >= 4 is 45.4 Å². The highest BCUT2D eigenvalue weighted by atomic mass is 15.0. The van der Waals surface area contributed by atoms with Crippen LogP contribution in [0.15, 0.2) is 146 Å². The summed E-state index contributed by atoms with van der Waals surface area (Å²) in [5.41, 5.74) is 13.1. The van der Waals surface area contributed by atoms with Crippen LogP contribution in [0, 0.1) is 6.92 Å². The van der Waals surface area contributed by atoms with Crippen LogP contribution in [-0.2, 0) is 0 Å². The molecule has 4 nitrogen and oxygen atoms in total. The number of fused-ring (bicyclic) bond motifs is 2. The van der Waals surface area contributed by atoms with Crippen LogP contribution in [0.4, 0.5) is 0 Å². The van der Waals surface area contributed by atoms with Crippen LogP contribution in [0.3, 0.4) is 0 Å². The number of pyridine rings is 2. The van der Waals surface area contributed by atoms with E-state index in [2.05, 4.69) is 100 Å². The predicted molar refractivity (Wildman–Crippen MR) is 181 cm³/mol. The highest BCUT2D eigenvalue weighted by molar-refractivity contribution is 5.94. The number of nitrogens with zero attached hydrogens (tertiary/aromatic N) is 4. The van der Waals surface area contributed by atoms with Crippen molar-refractivity contribution in [3.8, 4) is 0 Å². The number of allylic oxidation sites excluding steroid dienone is 15. The Kier molecular flexibility index (Phi) is 8.58. The second-order valence-electron chi connectivity index (χ2n) is 9.84. The van der Waals surface area contributed by atoms with Crippen LogP contribution in [0.5, 0.6) is 0 Å². The molecule has 206 valence electrons. The van der Waals surface area contributed by atoms with Crippen molar-refractivity contribution in [2.24, 2.45) is 0 Å². The third-order valence-electron chi connectivity index (χ3n) is 7.24. The maximum atomic E-state index is 4.37. The molecule has 0 saturated carbocycles. The molecular weight excluding hydrogens is 512 g/mol. The lowest BCUT2D eigenvalue weighted by Crippen LogP contribution is -1.97. The molecule has 0 unspecified atom stereocenters. The lowest BCUT2D eigenvalue weighted by atomic mass is 10.1. The molecule has 4 aromatic rings. The van der Waals surface area contributed by atoms with Crippen LogP contribution in [0.1, 0.15) is 30.8 Å². The van der Waals surface area contributed by atoms with E-state index >= 15 is 0 Å². The summed E-state index contributed by atoms with van der Waals surface area (Å²) in [6, 6.07) is 6.23. The van der Waals surface area contributed by atoms with Gasteiger partial charge in [0.15, 0.2) is 0 Å². The minimum Gasteiger partial charge on any atom is -0.310 e. The molecule has 1 aliphatic rings. The Morgan fingerprint density at radius 2 is 1.76 bits per heavy atom. The van der Waals surface area contributed by atoms with Crippen LogP contribution < -0.4 is 0 Å². The summed E-state index contributed by atoms with van der Waals surface area (Å²) in [5, 5.41) is 2.18. The van der Waals surface area contributed by atoms with E-state index < -0.39 is 0 Å². The Bertz CT molecular complexity index is 1970. The van der Waals surface area contributed by atoms with E-state index in [1.807, 2.05) is 80.3 Å². The Labute approximate surface area is 247 Å². The first kappa shape index (κ1) is 28.1. The highest BCUT2D eigenvalue weighted by Gasteiger charge is 2.15. The van der Waals surface area contributed by atoms with Gasteiger partial charge in [0.25, 0.3) is 0 Å². The van der Waals surface area contributed by atoms with Gasteiger partial charge in [-0.3, -0.25) is 9.97 Å². The molecule has 4 heteroatoms. The SMILES string of the molecule is C=C/C=C\c1c(C)n(C2=C=CC=C(/C(C)=C/C=C(\C=C)n3c(/C=C\C=C/C)cc4cnccc43)C=C2)c2ccncc12. The number of hydrogen-bond donors (Lipinski definition) is 0. The maximum Gasteiger partial charge on any atom is 0.0888 e. The summed E-state index contributed by atoms with van der Waals surface area (Å²) in [5.74, 6) is 0. The first-order valence-electron chi connectivity index (χ1n) is 13.9. The van der Waals surface area contributed by atoms with Crippen molar-refractivity contribution < 1.29 is 0 Å². The number of aromatic nitrogens is 4. The van der Waals surface area contributed by atoms with Gasteiger partial charge >= 0.3 is 0 Å². The van der Waals surface area contributed by atoms with E-state index in [1.165, 1.54) is 0 Å². The molecule has 5 rings (SSSR count). The van der Waals surface area contributed by atoms with Gasteiger partial charge in [0.1, 0.15) is 0 Å². The lowest BCUT2D eigenvalue weighted by Gasteiger charge is -2.10. The van der Waals surface area contributed by atoms with Crippen molar-refractivity contribution in [2.45, 2.75) is 20.8 Å². The fourth-order valence-corrected chi connectivity index (χ4v) is 5.16. The van der Waals surface area contributed by atoms with Crippen molar-refractivity contribution in [3.63, 3.8) is 0 Å². The molecule has 0 aromatic carbocycles. The minimum absolute atomic E-state index is 0.966. The van der Waals surface area contributed by atoms with Crippen molar-refractivity contribution in [1.29, 1.82) is 0 Å². The number of hydrogen-bond acceptors (Lipinski definition) is 2. The second kappa shape index (κ2) is 12.8. The third-order valence-corrected chi connectivity index (χ3v) is 7.24. The molecule has 0 radical (unpaired) electrons. The Morgan fingerprint density at radius 3 is 2.55 bits per heavy atom. The maximum absolute atomic E-state index is 4.37. The van der Waals surface area contributed by atoms with E-state index in [0.717, 1.165) is 61.3 Å². The quantitative estimate of drug-likeness (QED) is 0.155. The second-order valence-corrected chi connectivity index (χ2v) is 9.84. The van der Waals surface area contributed by atoms with Crippen molar-refractivity contribution in [2.75, 3.05) is 0 Å². The molecule has 0 bridgehead atoms. The Balaban J connectivity index is 1.48. The van der Waals surface area contributed by atoms with Gasteiger partial charge in [-0.05, 0) is 86.6 Å². The molecule has 0 amide bonds. The third kappa shape index (κ3) is 5.57. The van der Waals surface area contributed by atoms with Gasteiger partial charge in [-0.25, -0.2) is 0 Å². The molecular formula is C38H34N4. The van der Waals surface area contributed by atoms with Gasteiger partial charge in [0.2, 0.25) is 0 Å². The zero-order valence-corrected chi connectivity index (χ0v) is 24.3. The normalized spacial score (nSPS) is 14.5. The molecule has 4 aromatic heterocycles. The molecule has 0 fully saturated rings. The highest BCUT2D eigenvalue weighted by Crippen LogP contribution is 2.31. The predicted octanol–water partition coefficient (Wildman–Crippen LogP) is 9.65. The van der Waals surface area contributed by atoms with Gasteiger partial charge in [0.05, 0.1) is 16.7 Å². The van der Waals surface area contributed by atoms with Gasteiger partial charge in [0, 0.05) is 58.2 Å². The van der Waals surface area contributed by atoms with Gasteiger partial charge < -0.3 is 9.13 Å². The molecule has 0 N–H and O–H groups in total. The Hall–Kier alpha value is -5.44. The summed E-state index contributed by atoms with van der Waals surface area (Å²) in [4.78, 5) is 8.68. The molecule has 4 heterocycles. The van der Waals surface area contributed by atoms with Crippen LogP contribution in [0.25, 0.3) is 45.4 Å². The average molecular weight is 547 g/mol. The molecule has 0 aliphatic heterocycles. The lowest BCUT2D eigenvalue weighted by molar-refractivity contribution is 1.09. The molecule has 0 saturated heterocycles. The molecule has 1 aliphatic carbocycles. The largest absolute Gasteiger partial charge is 0.310 e. The fourth-order valence-electron chi connectivity index (χ4n) is 5.16. The summed E-state index contributed by atoms with van der Waals surface area (Å²) in [7, 11) is 0. The summed E-state index contributed by atoms with van der Waals surface area (Å²) < 4.78 is 4.44. The van der Waals surface area contributed by atoms with Crippen molar-refractivity contribution in [1.82, 2.24) is 19.1 Å². The fraction of sp³-hybridized carbons (Fsp3) is 0.0789. The molecule has 0 spiro atoms. The molecule has 42 heavy (non-hydrogen) atoms. The molecule has 0 atom stereocenters. The zero-order valence-electron chi connectivity index (χ0n) is 24.3. The average Bonchev–Trinajstić information content (AvgIpc) is 3.38. The summed E-state index contributed by atoms with van der Waals surface area (Å²) >= 11 is 0. The monoisotopic (exact) mass is 546 g/mol. The smallest absolute Gasteiger partial charge is 0.0888 e. The standard InChI is InChI=1S/C38H34N4/c1-6-9-11-14-34-25-31-26-39-23-21-37(31)42(34)32(8-3)19-17-28(4)30-13-12-15-33(20-18-30)41-29(5)35(16-10-7-2)36-27-40-24-22-38(36)41/h6-14,16-27H,2-3H2,1,4-5H3/b9-6-,14-11-,16-10-,28-17+,32-19+.